The van der Waals surface area contributed by atoms with Gasteiger partial charge in [-0.2, -0.15) is 0 Å². The minimum Gasteiger partial charge on any atom is -0.397 e. The molecular formula is C15H14FN3. The van der Waals surface area contributed by atoms with Gasteiger partial charge in [0.25, 0.3) is 0 Å². The summed E-state index contributed by atoms with van der Waals surface area (Å²) in [6.07, 6.45) is 0. The lowest BCUT2D eigenvalue weighted by Crippen LogP contribution is -1.97. The molecule has 1 heterocycles. The largest absolute Gasteiger partial charge is 0.397 e. The van der Waals surface area contributed by atoms with Crippen LogP contribution in [-0.2, 0) is 6.54 Å². The normalized spacial score (nSPS) is 11.1. The van der Waals surface area contributed by atoms with Crippen molar-refractivity contribution >= 4 is 16.7 Å². The summed E-state index contributed by atoms with van der Waals surface area (Å²) in [6, 6.07) is 12.1. The molecule has 0 fully saturated rings. The van der Waals surface area contributed by atoms with Gasteiger partial charge in [-0.15, -0.1) is 0 Å². The first-order chi connectivity index (χ1) is 9.20. The topological polar surface area (TPSA) is 43.8 Å². The first-order valence-corrected chi connectivity index (χ1v) is 6.21. The number of anilines is 1. The van der Waals surface area contributed by atoms with Gasteiger partial charge in [-0.1, -0.05) is 6.07 Å². The first-order valence-electron chi connectivity index (χ1n) is 6.21. The molecule has 0 aliphatic rings. The maximum atomic E-state index is 13.0. The summed E-state index contributed by atoms with van der Waals surface area (Å²) in [5, 5.41) is 0. The monoisotopic (exact) mass is 255 g/mol. The van der Waals surface area contributed by atoms with E-state index in [0.29, 0.717) is 5.69 Å². The van der Waals surface area contributed by atoms with Crippen molar-refractivity contribution < 1.29 is 4.39 Å². The number of aryl methyl sites for hydroxylation is 1. The van der Waals surface area contributed by atoms with E-state index in [1.54, 1.807) is 12.1 Å². The molecule has 0 amide bonds. The minimum atomic E-state index is -0.248. The number of fused-ring (bicyclic) bond motifs is 1. The molecule has 0 spiro atoms. The summed E-state index contributed by atoms with van der Waals surface area (Å²) in [5.41, 5.74) is 9.30. The van der Waals surface area contributed by atoms with Crippen molar-refractivity contribution in [3.63, 3.8) is 0 Å². The molecule has 0 unspecified atom stereocenters. The molecule has 2 aromatic carbocycles. The van der Waals surface area contributed by atoms with Gasteiger partial charge >= 0.3 is 0 Å². The number of para-hydroxylation sites is 1. The number of aromatic nitrogens is 2. The van der Waals surface area contributed by atoms with Crippen LogP contribution in [0.25, 0.3) is 22.4 Å². The lowest BCUT2D eigenvalue weighted by molar-refractivity contribution is 0.628. The Balaban J connectivity index is 2.29. The average molecular weight is 255 g/mol. The van der Waals surface area contributed by atoms with Crippen molar-refractivity contribution in [2.75, 3.05) is 5.73 Å². The second kappa shape index (κ2) is 4.39. The molecule has 1 aromatic heterocycles. The van der Waals surface area contributed by atoms with Crippen LogP contribution < -0.4 is 5.73 Å². The van der Waals surface area contributed by atoms with Crippen LogP contribution in [0.2, 0.25) is 0 Å². The molecule has 0 saturated heterocycles. The van der Waals surface area contributed by atoms with Crippen molar-refractivity contribution in [1.29, 1.82) is 0 Å². The maximum absolute atomic E-state index is 13.0. The third-order valence-corrected chi connectivity index (χ3v) is 3.23. The highest BCUT2D eigenvalue weighted by Gasteiger charge is 2.12. The summed E-state index contributed by atoms with van der Waals surface area (Å²) < 4.78 is 15.1. The molecule has 4 heteroatoms. The summed E-state index contributed by atoms with van der Waals surface area (Å²) in [4.78, 5) is 4.60. The van der Waals surface area contributed by atoms with E-state index in [0.717, 1.165) is 29.0 Å². The molecule has 0 bridgehead atoms. The van der Waals surface area contributed by atoms with Crippen molar-refractivity contribution in [2.45, 2.75) is 13.5 Å². The molecule has 3 nitrogen and oxygen atoms in total. The zero-order chi connectivity index (χ0) is 13.4. The van der Waals surface area contributed by atoms with Gasteiger partial charge in [0.1, 0.15) is 17.2 Å². The average Bonchev–Trinajstić information content (AvgIpc) is 2.79. The van der Waals surface area contributed by atoms with Crippen molar-refractivity contribution in [3.05, 3.63) is 48.3 Å². The molecule has 0 aliphatic heterocycles. The summed E-state index contributed by atoms with van der Waals surface area (Å²) in [7, 11) is 0. The van der Waals surface area contributed by atoms with Gasteiger partial charge in [0, 0.05) is 12.1 Å². The number of hydrogen-bond acceptors (Lipinski definition) is 2. The Morgan fingerprint density at radius 2 is 1.89 bits per heavy atom. The highest BCUT2D eigenvalue weighted by molar-refractivity contribution is 5.90. The zero-order valence-corrected chi connectivity index (χ0v) is 10.6. The minimum absolute atomic E-state index is 0.248. The third kappa shape index (κ3) is 1.85. The molecule has 0 atom stereocenters. The molecule has 0 saturated carbocycles. The number of benzene rings is 2. The molecule has 96 valence electrons. The Hall–Kier alpha value is -2.36. The predicted molar refractivity (Wildman–Crippen MR) is 75.2 cm³/mol. The number of nitrogens with two attached hydrogens (primary N) is 1. The molecule has 19 heavy (non-hydrogen) atoms. The first kappa shape index (κ1) is 11.7. The molecule has 2 N–H and O–H groups in total. The Morgan fingerprint density at radius 3 is 2.58 bits per heavy atom. The Labute approximate surface area is 110 Å². The van der Waals surface area contributed by atoms with Gasteiger partial charge in [-0.05, 0) is 43.3 Å². The summed E-state index contributed by atoms with van der Waals surface area (Å²) in [5.74, 6) is 0.567. The maximum Gasteiger partial charge on any atom is 0.141 e. The highest BCUT2D eigenvalue weighted by Crippen LogP contribution is 2.27. The fourth-order valence-electron chi connectivity index (χ4n) is 2.31. The fourth-order valence-corrected chi connectivity index (χ4v) is 2.31. The van der Waals surface area contributed by atoms with Crippen LogP contribution in [0, 0.1) is 5.82 Å². The third-order valence-electron chi connectivity index (χ3n) is 3.23. The number of nitrogens with zero attached hydrogens (tertiary/aromatic N) is 2. The zero-order valence-electron chi connectivity index (χ0n) is 10.6. The van der Waals surface area contributed by atoms with Crippen LogP contribution in [0.5, 0.6) is 0 Å². The van der Waals surface area contributed by atoms with Crippen LogP contribution in [-0.4, -0.2) is 9.55 Å². The molecule has 0 radical (unpaired) electrons. The van der Waals surface area contributed by atoms with E-state index in [1.807, 2.05) is 18.2 Å². The van der Waals surface area contributed by atoms with Crippen LogP contribution in [0.4, 0.5) is 10.1 Å². The van der Waals surface area contributed by atoms with E-state index >= 15 is 0 Å². The standard InChI is InChI=1S/C15H14FN3/c1-2-19-13-5-3-4-12(17)14(13)18-15(19)10-6-8-11(16)9-7-10/h3-9H,2,17H2,1H3. The molecule has 0 aliphatic carbocycles. The van der Waals surface area contributed by atoms with Crippen LogP contribution in [0.3, 0.4) is 0 Å². The smallest absolute Gasteiger partial charge is 0.141 e. The van der Waals surface area contributed by atoms with E-state index in [-0.39, 0.29) is 5.82 Å². The molecular weight excluding hydrogens is 241 g/mol. The van der Waals surface area contributed by atoms with Gasteiger partial charge in [0.2, 0.25) is 0 Å². The fraction of sp³-hybridized carbons (Fsp3) is 0.133. The number of nitrogen functional groups attached to an aromatic ring is 1. The van der Waals surface area contributed by atoms with E-state index in [2.05, 4.69) is 16.5 Å². The molecule has 3 aromatic rings. The lowest BCUT2D eigenvalue weighted by Gasteiger charge is -2.05. The summed E-state index contributed by atoms with van der Waals surface area (Å²) >= 11 is 0. The van der Waals surface area contributed by atoms with E-state index in [9.17, 15) is 4.39 Å². The van der Waals surface area contributed by atoms with Crippen molar-refractivity contribution in [3.8, 4) is 11.4 Å². The predicted octanol–water partition coefficient (Wildman–Crippen LogP) is 3.44. The Bertz CT molecular complexity index is 729. The lowest BCUT2D eigenvalue weighted by atomic mass is 10.2. The van der Waals surface area contributed by atoms with Crippen LogP contribution in [0.15, 0.2) is 42.5 Å². The van der Waals surface area contributed by atoms with E-state index in [1.165, 1.54) is 12.1 Å². The van der Waals surface area contributed by atoms with E-state index < -0.39 is 0 Å². The van der Waals surface area contributed by atoms with Gasteiger partial charge < -0.3 is 10.3 Å². The second-order valence-electron chi connectivity index (χ2n) is 4.40. The molecule has 3 rings (SSSR count). The SMILES string of the molecule is CCn1c(-c2ccc(F)cc2)nc2c(N)cccc21. The van der Waals surface area contributed by atoms with Crippen LogP contribution in [0.1, 0.15) is 6.92 Å². The quantitative estimate of drug-likeness (QED) is 0.713. The Kier molecular flexibility index (Phi) is 2.71. The number of halogens is 1. The van der Waals surface area contributed by atoms with Gasteiger partial charge in [-0.3, -0.25) is 0 Å². The Morgan fingerprint density at radius 1 is 1.16 bits per heavy atom. The van der Waals surface area contributed by atoms with Crippen molar-refractivity contribution in [2.24, 2.45) is 0 Å². The van der Waals surface area contributed by atoms with Gasteiger partial charge in [-0.25, -0.2) is 9.37 Å². The van der Waals surface area contributed by atoms with E-state index in [4.69, 9.17) is 5.73 Å². The number of imidazole rings is 1. The van der Waals surface area contributed by atoms with Gasteiger partial charge in [0.15, 0.2) is 0 Å². The second-order valence-corrected chi connectivity index (χ2v) is 4.40. The summed E-state index contributed by atoms with van der Waals surface area (Å²) in [6.45, 7) is 2.84. The number of rotatable bonds is 2. The number of hydrogen-bond donors (Lipinski definition) is 1. The highest BCUT2D eigenvalue weighted by atomic mass is 19.1. The van der Waals surface area contributed by atoms with Crippen molar-refractivity contribution in [1.82, 2.24) is 9.55 Å². The van der Waals surface area contributed by atoms with Crippen LogP contribution >= 0.6 is 0 Å². The van der Waals surface area contributed by atoms with Gasteiger partial charge in [0.05, 0.1) is 11.2 Å².